The van der Waals surface area contributed by atoms with Gasteiger partial charge in [0.25, 0.3) is 0 Å². The number of halogens is 2. The predicted octanol–water partition coefficient (Wildman–Crippen LogP) is 3.18. The zero-order valence-corrected chi connectivity index (χ0v) is 10.1. The van der Waals surface area contributed by atoms with Gasteiger partial charge >= 0.3 is 0 Å². The minimum absolute atomic E-state index is 0.219. The van der Waals surface area contributed by atoms with Crippen molar-refractivity contribution >= 4 is 17.4 Å². The molecule has 0 atom stereocenters. The van der Waals surface area contributed by atoms with Crippen molar-refractivity contribution in [3.05, 3.63) is 46.5 Å². The summed E-state index contributed by atoms with van der Waals surface area (Å²) in [6.07, 6.45) is 1.59. The van der Waals surface area contributed by atoms with Crippen molar-refractivity contribution in [3.8, 4) is 5.69 Å². The van der Waals surface area contributed by atoms with E-state index in [4.69, 9.17) is 11.6 Å². The number of nitrogens with zero attached hydrogens (tertiary/aromatic N) is 2. The summed E-state index contributed by atoms with van der Waals surface area (Å²) in [6.45, 7) is 3.14. The Morgan fingerprint density at radius 2 is 2.18 bits per heavy atom. The van der Waals surface area contributed by atoms with Crippen molar-refractivity contribution in [2.24, 2.45) is 0 Å². The van der Waals surface area contributed by atoms with Gasteiger partial charge in [0.05, 0.1) is 16.4 Å². The van der Waals surface area contributed by atoms with Gasteiger partial charge in [0.2, 0.25) is 0 Å². The van der Waals surface area contributed by atoms with Crippen LogP contribution in [0.5, 0.6) is 0 Å². The average Bonchev–Trinajstić information content (AvgIpc) is 2.59. The molecule has 0 saturated carbocycles. The van der Waals surface area contributed by atoms with Crippen LogP contribution in [0.25, 0.3) is 5.69 Å². The molecule has 0 amide bonds. The van der Waals surface area contributed by atoms with Crippen LogP contribution in [-0.2, 0) is 0 Å². The highest BCUT2D eigenvalue weighted by atomic mass is 35.5. The fourth-order valence-electron chi connectivity index (χ4n) is 1.55. The van der Waals surface area contributed by atoms with Crippen LogP contribution in [0.15, 0.2) is 24.4 Å². The summed E-state index contributed by atoms with van der Waals surface area (Å²) in [6, 6.07) is 3.99. The van der Waals surface area contributed by atoms with E-state index >= 15 is 0 Å². The van der Waals surface area contributed by atoms with Crippen LogP contribution in [0.2, 0.25) is 5.02 Å². The lowest BCUT2D eigenvalue weighted by molar-refractivity contribution is 0.101. The molecule has 0 aliphatic rings. The van der Waals surface area contributed by atoms with Crippen LogP contribution >= 0.6 is 11.6 Å². The Kier molecular flexibility index (Phi) is 2.98. The summed E-state index contributed by atoms with van der Waals surface area (Å²) in [4.78, 5) is 11.4. The predicted molar refractivity (Wildman–Crippen MR) is 63.3 cm³/mol. The van der Waals surface area contributed by atoms with E-state index in [1.165, 1.54) is 29.8 Å². The Morgan fingerprint density at radius 3 is 2.71 bits per heavy atom. The fourth-order valence-corrected chi connectivity index (χ4v) is 1.68. The average molecular weight is 253 g/mol. The maximum Gasteiger partial charge on any atom is 0.162 e. The third-order valence-corrected chi connectivity index (χ3v) is 2.79. The molecule has 2 aromatic rings. The van der Waals surface area contributed by atoms with Crippen molar-refractivity contribution in [2.45, 2.75) is 13.8 Å². The summed E-state index contributed by atoms with van der Waals surface area (Å²) >= 11 is 5.90. The Bertz CT molecular complexity index is 573. The number of carbonyl (C=O) groups is 1. The molecule has 0 bridgehead atoms. The highest BCUT2D eigenvalue weighted by molar-refractivity contribution is 6.31. The summed E-state index contributed by atoms with van der Waals surface area (Å²) in [5.74, 6) is -0.669. The lowest BCUT2D eigenvalue weighted by Gasteiger charge is -2.06. The number of rotatable bonds is 2. The number of hydrogen-bond acceptors (Lipinski definition) is 2. The minimum atomic E-state index is -0.450. The molecule has 0 saturated heterocycles. The summed E-state index contributed by atoms with van der Waals surface area (Å²) < 4.78 is 14.6. The highest BCUT2D eigenvalue weighted by Crippen LogP contribution is 2.20. The minimum Gasteiger partial charge on any atom is -0.294 e. The number of Topliss-reactive ketones (excluding diaryl/α,β-unsaturated/α-hetero) is 1. The smallest absolute Gasteiger partial charge is 0.162 e. The Balaban J connectivity index is 2.62. The molecule has 88 valence electrons. The molecule has 3 nitrogen and oxygen atoms in total. The van der Waals surface area contributed by atoms with Gasteiger partial charge in [0.15, 0.2) is 5.78 Å². The lowest BCUT2D eigenvalue weighted by atomic mass is 10.1. The van der Waals surface area contributed by atoms with Gasteiger partial charge in [0, 0.05) is 11.8 Å². The van der Waals surface area contributed by atoms with Crippen LogP contribution in [-0.4, -0.2) is 15.6 Å². The zero-order valence-electron chi connectivity index (χ0n) is 9.37. The standard InChI is InChI=1S/C12H10ClFN2O/c1-7-11(13)6-16(15-7)12-4-3-9(14)5-10(12)8(2)17/h3-6H,1-2H3. The monoisotopic (exact) mass is 252 g/mol. The maximum atomic E-state index is 13.1. The molecular weight excluding hydrogens is 243 g/mol. The van der Waals surface area contributed by atoms with Crippen LogP contribution in [0.4, 0.5) is 4.39 Å². The van der Waals surface area contributed by atoms with Gasteiger partial charge in [-0.2, -0.15) is 5.10 Å². The van der Waals surface area contributed by atoms with E-state index in [9.17, 15) is 9.18 Å². The number of hydrogen-bond donors (Lipinski definition) is 0. The van der Waals surface area contributed by atoms with Crippen molar-refractivity contribution in [1.82, 2.24) is 9.78 Å². The first kappa shape index (κ1) is 11.8. The second-order valence-electron chi connectivity index (χ2n) is 3.72. The Morgan fingerprint density at radius 1 is 1.47 bits per heavy atom. The first-order valence-electron chi connectivity index (χ1n) is 5.01. The van der Waals surface area contributed by atoms with E-state index in [-0.39, 0.29) is 11.3 Å². The molecule has 0 spiro atoms. The van der Waals surface area contributed by atoms with Gasteiger partial charge in [-0.25, -0.2) is 9.07 Å². The fraction of sp³-hybridized carbons (Fsp3) is 0.167. The molecule has 2 rings (SSSR count). The molecule has 1 heterocycles. The molecule has 1 aromatic carbocycles. The van der Waals surface area contributed by atoms with E-state index in [2.05, 4.69) is 5.10 Å². The molecular formula is C12H10ClFN2O. The summed E-state index contributed by atoms with van der Waals surface area (Å²) in [5, 5.41) is 4.67. The number of ketones is 1. The first-order chi connectivity index (χ1) is 7.99. The molecule has 0 N–H and O–H groups in total. The second-order valence-corrected chi connectivity index (χ2v) is 4.13. The van der Waals surface area contributed by atoms with Gasteiger partial charge in [-0.05, 0) is 32.0 Å². The number of aromatic nitrogens is 2. The topological polar surface area (TPSA) is 34.9 Å². The Hall–Kier alpha value is -1.68. The van der Waals surface area contributed by atoms with Crippen LogP contribution < -0.4 is 0 Å². The molecule has 5 heteroatoms. The first-order valence-corrected chi connectivity index (χ1v) is 5.39. The largest absolute Gasteiger partial charge is 0.294 e. The Labute approximate surface area is 103 Å². The van der Waals surface area contributed by atoms with Crippen molar-refractivity contribution in [2.75, 3.05) is 0 Å². The lowest BCUT2D eigenvalue weighted by Crippen LogP contribution is -2.04. The second kappa shape index (κ2) is 4.30. The number of benzene rings is 1. The van der Waals surface area contributed by atoms with Gasteiger partial charge < -0.3 is 0 Å². The molecule has 0 fully saturated rings. The van der Waals surface area contributed by atoms with E-state index in [1.807, 2.05) is 0 Å². The van der Waals surface area contributed by atoms with Gasteiger partial charge in [0.1, 0.15) is 5.82 Å². The van der Waals surface area contributed by atoms with Gasteiger partial charge in [-0.15, -0.1) is 0 Å². The molecule has 0 aliphatic carbocycles. The number of carbonyl (C=O) groups excluding carboxylic acids is 1. The normalized spacial score (nSPS) is 10.6. The van der Waals surface area contributed by atoms with Gasteiger partial charge in [-0.1, -0.05) is 11.6 Å². The van der Waals surface area contributed by atoms with E-state index in [1.54, 1.807) is 13.1 Å². The molecule has 0 unspecified atom stereocenters. The third-order valence-electron chi connectivity index (χ3n) is 2.42. The van der Waals surface area contributed by atoms with E-state index < -0.39 is 5.82 Å². The molecule has 1 aromatic heterocycles. The third kappa shape index (κ3) is 2.22. The maximum absolute atomic E-state index is 13.1. The van der Waals surface area contributed by atoms with Crippen LogP contribution in [0.3, 0.4) is 0 Å². The summed E-state index contributed by atoms with van der Waals surface area (Å²) in [7, 11) is 0. The number of aryl methyl sites for hydroxylation is 1. The summed E-state index contributed by atoms with van der Waals surface area (Å²) in [5.41, 5.74) is 1.46. The molecule has 0 aliphatic heterocycles. The zero-order chi connectivity index (χ0) is 12.6. The molecule has 0 radical (unpaired) electrons. The van der Waals surface area contributed by atoms with Gasteiger partial charge in [-0.3, -0.25) is 4.79 Å². The quantitative estimate of drug-likeness (QED) is 0.770. The highest BCUT2D eigenvalue weighted by Gasteiger charge is 2.12. The van der Waals surface area contributed by atoms with Crippen molar-refractivity contribution < 1.29 is 9.18 Å². The SMILES string of the molecule is CC(=O)c1cc(F)ccc1-n1cc(Cl)c(C)n1. The van der Waals surface area contributed by atoms with Crippen LogP contribution in [0, 0.1) is 12.7 Å². The van der Waals surface area contributed by atoms with Crippen molar-refractivity contribution in [1.29, 1.82) is 0 Å². The van der Waals surface area contributed by atoms with Crippen LogP contribution in [0.1, 0.15) is 23.0 Å². The molecule has 17 heavy (non-hydrogen) atoms. The van der Waals surface area contributed by atoms with E-state index in [0.717, 1.165) is 0 Å². The van der Waals surface area contributed by atoms with Crippen molar-refractivity contribution in [3.63, 3.8) is 0 Å². The van der Waals surface area contributed by atoms with E-state index in [0.29, 0.717) is 16.4 Å².